The minimum absolute atomic E-state index is 0.0941. The molecule has 0 aromatic heterocycles. The zero-order valence-corrected chi connectivity index (χ0v) is 12.8. The number of carbonyl (C=O) groups excluding carboxylic acids is 3. The minimum Gasteiger partial charge on any atom is -0.460 e. The SMILES string of the molecule is CCOC(=O)C(=O)C1CSC/C(=C\c2ccc(F)cc2)C1=O. The zero-order valence-electron chi connectivity index (χ0n) is 12.0. The van der Waals surface area contributed by atoms with Gasteiger partial charge in [-0.05, 0) is 30.7 Å². The molecule has 0 aliphatic carbocycles. The van der Waals surface area contributed by atoms with Crippen LogP contribution in [0.5, 0.6) is 0 Å². The van der Waals surface area contributed by atoms with E-state index in [9.17, 15) is 18.8 Å². The molecule has 0 N–H and O–H groups in total. The number of hydrogen-bond acceptors (Lipinski definition) is 5. The number of esters is 1. The predicted octanol–water partition coefficient (Wildman–Crippen LogP) is 2.27. The number of hydrogen-bond donors (Lipinski definition) is 0. The maximum absolute atomic E-state index is 12.9. The Morgan fingerprint density at radius 1 is 1.36 bits per heavy atom. The van der Waals surface area contributed by atoms with E-state index < -0.39 is 17.7 Å². The summed E-state index contributed by atoms with van der Waals surface area (Å²) < 4.78 is 17.5. The van der Waals surface area contributed by atoms with Crippen molar-refractivity contribution < 1.29 is 23.5 Å². The van der Waals surface area contributed by atoms with Crippen LogP contribution < -0.4 is 0 Å². The molecule has 1 aliphatic heterocycles. The number of halogens is 1. The van der Waals surface area contributed by atoms with Crippen LogP contribution in [-0.4, -0.2) is 35.6 Å². The second kappa shape index (κ2) is 7.35. The van der Waals surface area contributed by atoms with E-state index in [0.29, 0.717) is 16.9 Å². The van der Waals surface area contributed by atoms with Crippen LogP contribution in [0.15, 0.2) is 29.8 Å². The van der Waals surface area contributed by atoms with E-state index in [0.717, 1.165) is 0 Å². The topological polar surface area (TPSA) is 60.4 Å². The Bertz CT molecular complexity index is 622. The molecule has 116 valence electrons. The number of Topliss-reactive ketones (excluding diaryl/α,β-unsaturated/α-hetero) is 2. The maximum Gasteiger partial charge on any atom is 0.375 e. The molecule has 1 aromatic rings. The fourth-order valence-corrected chi connectivity index (χ4v) is 3.17. The molecule has 0 radical (unpaired) electrons. The molecule has 1 aliphatic rings. The van der Waals surface area contributed by atoms with Crippen molar-refractivity contribution in [2.75, 3.05) is 18.1 Å². The van der Waals surface area contributed by atoms with E-state index in [1.54, 1.807) is 25.1 Å². The third kappa shape index (κ3) is 3.82. The molecule has 0 bridgehead atoms. The molecule has 6 heteroatoms. The normalized spacial score (nSPS) is 20.0. The van der Waals surface area contributed by atoms with Crippen LogP contribution in [0.2, 0.25) is 0 Å². The van der Waals surface area contributed by atoms with E-state index in [1.165, 1.54) is 23.9 Å². The zero-order chi connectivity index (χ0) is 16.1. The minimum atomic E-state index is -0.996. The molecule has 1 aromatic carbocycles. The third-order valence-electron chi connectivity index (χ3n) is 3.18. The summed E-state index contributed by atoms with van der Waals surface area (Å²) >= 11 is 1.41. The molecule has 22 heavy (non-hydrogen) atoms. The predicted molar refractivity (Wildman–Crippen MR) is 81.8 cm³/mol. The third-order valence-corrected chi connectivity index (χ3v) is 4.26. The molecule has 2 rings (SSSR count). The number of benzene rings is 1. The smallest absolute Gasteiger partial charge is 0.375 e. The molecular weight excluding hydrogens is 307 g/mol. The summed E-state index contributed by atoms with van der Waals surface area (Å²) in [7, 11) is 0. The van der Waals surface area contributed by atoms with Gasteiger partial charge in [0.2, 0.25) is 0 Å². The van der Waals surface area contributed by atoms with Crippen molar-refractivity contribution in [1.82, 2.24) is 0 Å². The summed E-state index contributed by atoms with van der Waals surface area (Å²) in [6.45, 7) is 1.69. The van der Waals surface area contributed by atoms with Crippen LogP contribution in [0.25, 0.3) is 6.08 Å². The van der Waals surface area contributed by atoms with Crippen LogP contribution >= 0.6 is 11.8 Å². The number of ketones is 2. The van der Waals surface area contributed by atoms with Gasteiger partial charge in [0.25, 0.3) is 5.78 Å². The second-order valence-electron chi connectivity index (χ2n) is 4.74. The van der Waals surface area contributed by atoms with E-state index in [4.69, 9.17) is 0 Å². The van der Waals surface area contributed by atoms with Gasteiger partial charge >= 0.3 is 5.97 Å². The Balaban J connectivity index is 2.17. The highest BCUT2D eigenvalue weighted by atomic mass is 32.2. The van der Waals surface area contributed by atoms with E-state index in [2.05, 4.69) is 4.74 Å². The first-order chi connectivity index (χ1) is 10.5. The number of thioether (sulfide) groups is 1. The van der Waals surface area contributed by atoms with Gasteiger partial charge < -0.3 is 4.74 Å². The molecule has 1 fully saturated rings. The van der Waals surface area contributed by atoms with Gasteiger partial charge in [-0.1, -0.05) is 12.1 Å². The summed E-state index contributed by atoms with van der Waals surface area (Å²) in [5.41, 5.74) is 1.13. The standard InChI is InChI=1S/C16H15FO4S/c1-2-21-16(20)15(19)13-9-22-8-11(14(13)18)7-10-3-5-12(17)6-4-10/h3-7,13H,2,8-9H2,1H3/b11-7+. The van der Waals surface area contributed by atoms with E-state index >= 15 is 0 Å². The molecule has 1 atom stereocenters. The van der Waals surface area contributed by atoms with Crippen LogP contribution in [0.3, 0.4) is 0 Å². The van der Waals surface area contributed by atoms with Crippen molar-refractivity contribution in [2.45, 2.75) is 6.92 Å². The Hall–Kier alpha value is -1.95. The van der Waals surface area contributed by atoms with Crippen molar-refractivity contribution in [3.63, 3.8) is 0 Å². The summed E-state index contributed by atoms with van der Waals surface area (Å²) in [4.78, 5) is 35.8. The fourth-order valence-electron chi connectivity index (χ4n) is 2.07. The molecule has 4 nitrogen and oxygen atoms in total. The monoisotopic (exact) mass is 322 g/mol. The van der Waals surface area contributed by atoms with Gasteiger partial charge in [0, 0.05) is 17.1 Å². The lowest BCUT2D eigenvalue weighted by Gasteiger charge is -2.20. The summed E-state index contributed by atoms with van der Waals surface area (Å²) in [6.07, 6.45) is 1.62. The fraction of sp³-hybridized carbons (Fsp3) is 0.312. The van der Waals surface area contributed by atoms with Crippen LogP contribution in [0.4, 0.5) is 4.39 Å². The van der Waals surface area contributed by atoms with Crippen molar-refractivity contribution in [3.8, 4) is 0 Å². The first-order valence-corrected chi connectivity index (χ1v) is 7.97. The largest absolute Gasteiger partial charge is 0.460 e. The molecule has 1 unspecified atom stereocenters. The van der Waals surface area contributed by atoms with Gasteiger partial charge in [-0.15, -0.1) is 0 Å². The van der Waals surface area contributed by atoms with Crippen molar-refractivity contribution >= 4 is 35.4 Å². The van der Waals surface area contributed by atoms with Gasteiger partial charge in [-0.3, -0.25) is 9.59 Å². The van der Waals surface area contributed by atoms with Crippen molar-refractivity contribution in [1.29, 1.82) is 0 Å². The van der Waals surface area contributed by atoms with Gasteiger partial charge in [0.1, 0.15) is 11.7 Å². The van der Waals surface area contributed by atoms with Crippen molar-refractivity contribution in [2.24, 2.45) is 5.92 Å². The second-order valence-corrected chi connectivity index (χ2v) is 5.77. The molecule has 0 amide bonds. The Morgan fingerprint density at radius 2 is 2.05 bits per heavy atom. The van der Waals surface area contributed by atoms with Crippen LogP contribution in [0.1, 0.15) is 12.5 Å². The molecule has 0 saturated carbocycles. The Labute approximate surface area is 131 Å². The van der Waals surface area contributed by atoms with E-state index in [1.807, 2.05) is 0 Å². The van der Waals surface area contributed by atoms with Crippen molar-refractivity contribution in [3.05, 3.63) is 41.2 Å². The molecule has 0 spiro atoms. The molecular formula is C16H15FO4S. The Kier molecular flexibility index (Phi) is 5.49. The van der Waals surface area contributed by atoms with Gasteiger partial charge in [0.15, 0.2) is 5.78 Å². The quantitative estimate of drug-likeness (QED) is 0.368. The first-order valence-electron chi connectivity index (χ1n) is 6.82. The van der Waals surface area contributed by atoms with Gasteiger partial charge in [0.05, 0.1) is 6.61 Å². The van der Waals surface area contributed by atoms with Crippen LogP contribution in [-0.2, 0) is 19.1 Å². The molecule has 1 heterocycles. The number of ether oxygens (including phenoxy) is 1. The first kappa shape index (κ1) is 16.4. The summed E-state index contributed by atoms with van der Waals surface area (Å²) in [6, 6.07) is 5.70. The summed E-state index contributed by atoms with van der Waals surface area (Å²) in [5, 5.41) is 0. The number of carbonyl (C=O) groups is 3. The van der Waals surface area contributed by atoms with Crippen LogP contribution in [0, 0.1) is 11.7 Å². The summed E-state index contributed by atoms with van der Waals surface area (Å²) in [5.74, 6) is -2.75. The average molecular weight is 322 g/mol. The highest BCUT2D eigenvalue weighted by Gasteiger charge is 2.36. The van der Waals surface area contributed by atoms with Gasteiger partial charge in [-0.2, -0.15) is 11.8 Å². The Morgan fingerprint density at radius 3 is 2.68 bits per heavy atom. The lowest BCUT2D eigenvalue weighted by molar-refractivity contribution is -0.156. The number of rotatable bonds is 4. The lowest BCUT2D eigenvalue weighted by Crippen LogP contribution is -2.37. The highest BCUT2D eigenvalue weighted by Crippen LogP contribution is 2.26. The maximum atomic E-state index is 12.9. The average Bonchev–Trinajstić information content (AvgIpc) is 2.51. The lowest BCUT2D eigenvalue weighted by atomic mass is 9.94. The van der Waals surface area contributed by atoms with E-state index in [-0.39, 0.29) is 24.0 Å². The molecule has 1 saturated heterocycles. The van der Waals surface area contributed by atoms with Gasteiger partial charge in [-0.25, -0.2) is 9.18 Å². The highest BCUT2D eigenvalue weighted by molar-refractivity contribution is 7.99.